The van der Waals surface area contributed by atoms with Gasteiger partial charge in [0.25, 0.3) is 5.91 Å². The number of halogens is 1. The summed E-state index contributed by atoms with van der Waals surface area (Å²) in [5.74, 6) is 0.693. The Hall–Kier alpha value is -2.70. The lowest BCUT2D eigenvalue weighted by atomic mass is 10.1. The third kappa shape index (κ3) is 3.41. The molecule has 0 aliphatic carbocycles. The van der Waals surface area contributed by atoms with Crippen LogP contribution in [0.15, 0.2) is 53.6 Å². The summed E-state index contributed by atoms with van der Waals surface area (Å²) in [6.45, 7) is 0.881. The lowest BCUT2D eigenvalue weighted by Crippen LogP contribution is -2.25. The van der Waals surface area contributed by atoms with E-state index in [1.165, 1.54) is 11.3 Å². The predicted octanol–water partition coefficient (Wildman–Crippen LogP) is 5.81. The number of rotatable bonds is 4. The highest BCUT2D eigenvalue weighted by Crippen LogP contribution is 2.42. The second-order valence-electron chi connectivity index (χ2n) is 6.53. The van der Waals surface area contributed by atoms with Crippen molar-refractivity contribution >= 4 is 34.5 Å². The van der Waals surface area contributed by atoms with E-state index in [1.54, 1.807) is 18.0 Å². The van der Waals surface area contributed by atoms with E-state index in [0.29, 0.717) is 28.7 Å². The number of amides is 1. The van der Waals surface area contributed by atoms with Crippen molar-refractivity contribution in [3.8, 4) is 16.2 Å². The molecule has 0 saturated heterocycles. The van der Waals surface area contributed by atoms with E-state index in [-0.39, 0.29) is 5.91 Å². The Kier molecular flexibility index (Phi) is 5.15. The average molecular weight is 412 g/mol. The minimum atomic E-state index is -0.0849. The van der Waals surface area contributed by atoms with Crippen LogP contribution in [0.4, 0.5) is 5.69 Å². The molecule has 0 bridgehead atoms. The quantitative estimate of drug-likeness (QED) is 0.550. The van der Waals surface area contributed by atoms with Gasteiger partial charge in [0.1, 0.15) is 5.75 Å². The molecule has 1 aliphatic rings. The van der Waals surface area contributed by atoms with E-state index in [0.717, 1.165) is 33.7 Å². The van der Waals surface area contributed by atoms with Crippen molar-refractivity contribution in [3.05, 3.63) is 69.6 Å². The monoisotopic (exact) mass is 411 g/mol. The summed E-state index contributed by atoms with van der Waals surface area (Å²) in [5, 5.41) is 3.99. The number of fused-ring (bicyclic) bond motifs is 3. The standard InChI is InChI=1S/C21H18ClN3O2S/c1-25(17-5-3-2-4-16(17)22)21(26)19-11-14-8-9-27-18-10-13(12-24-23)6-7-15(18)20(14)28-19/h2-7,10-11,23H,8-9,12H2,1H3. The van der Waals surface area contributed by atoms with Gasteiger partial charge in [-0.25, -0.2) is 5.53 Å². The van der Waals surface area contributed by atoms with Crippen molar-refractivity contribution in [2.75, 3.05) is 18.6 Å². The number of nitrogens with zero attached hydrogens (tertiary/aromatic N) is 2. The van der Waals surface area contributed by atoms with Crippen LogP contribution in [0, 0.1) is 5.53 Å². The van der Waals surface area contributed by atoms with Crippen molar-refractivity contribution < 1.29 is 9.53 Å². The van der Waals surface area contributed by atoms with Crippen LogP contribution >= 0.6 is 22.9 Å². The maximum absolute atomic E-state index is 13.1. The number of thiophene rings is 1. The van der Waals surface area contributed by atoms with Crippen LogP contribution in [0.25, 0.3) is 10.4 Å². The highest BCUT2D eigenvalue weighted by molar-refractivity contribution is 7.17. The molecule has 0 fully saturated rings. The second-order valence-corrected chi connectivity index (χ2v) is 7.99. The number of ether oxygens (including phenoxy) is 1. The van der Waals surface area contributed by atoms with E-state index in [9.17, 15) is 4.79 Å². The normalized spacial score (nSPS) is 12.4. The van der Waals surface area contributed by atoms with Crippen molar-refractivity contribution in [1.29, 1.82) is 5.53 Å². The van der Waals surface area contributed by atoms with Crippen LogP contribution in [0.1, 0.15) is 20.8 Å². The molecule has 1 aromatic heterocycles. The van der Waals surface area contributed by atoms with Crippen LogP contribution in [0.3, 0.4) is 0 Å². The average Bonchev–Trinajstić information content (AvgIpc) is 3.04. The van der Waals surface area contributed by atoms with E-state index >= 15 is 0 Å². The predicted molar refractivity (Wildman–Crippen MR) is 112 cm³/mol. The fourth-order valence-electron chi connectivity index (χ4n) is 3.28. The minimum absolute atomic E-state index is 0.0849. The Balaban J connectivity index is 1.70. The van der Waals surface area contributed by atoms with E-state index in [2.05, 4.69) is 5.11 Å². The molecule has 0 radical (unpaired) electrons. The van der Waals surface area contributed by atoms with Gasteiger partial charge < -0.3 is 9.64 Å². The molecule has 7 heteroatoms. The smallest absolute Gasteiger partial charge is 0.268 e. The summed E-state index contributed by atoms with van der Waals surface area (Å²) in [6, 6.07) is 15.1. The number of benzene rings is 2. The molecule has 0 spiro atoms. The zero-order valence-electron chi connectivity index (χ0n) is 15.2. The summed E-state index contributed by atoms with van der Waals surface area (Å²) >= 11 is 7.73. The van der Waals surface area contributed by atoms with Gasteiger partial charge in [0.2, 0.25) is 0 Å². The molecule has 4 rings (SSSR count). The minimum Gasteiger partial charge on any atom is -0.493 e. The van der Waals surface area contributed by atoms with Gasteiger partial charge in [0, 0.05) is 23.9 Å². The fraction of sp³-hybridized carbons (Fsp3) is 0.190. The van der Waals surface area contributed by atoms with Crippen molar-refractivity contribution in [3.63, 3.8) is 0 Å². The highest BCUT2D eigenvalue weighted by atomic mass is 35.5. The maximum Gasteiger partial charge on any atom is 0.268 e. The molecular weight excluding hydrogens is 394 g/mol. The first-order valence-electron chi connectivity index (χ1n) is 8.83. The van der Waals surface area contributed by atoms with Crippen molar-refractivity contribution in [1.82, 2.24) is 0 Å². The van der Waals surface area contributed by atoms with Crippen LogP contribution in [0.2, 0.25) is 5.02 Å². The van der Waals surface area contributed by atoms with Gasteiger partial charge in [-0.15, -0.1) is 11.3 Å². The number of hydrogen-bond acceptors (Lipinski definition) is 5. The van der Waals surface area contributed by atoms with Crippen LogP contribution in [-0.2, 0) is 13.0 Å². The second kappa shape index (κ2) is 7.73. The molecule has 0 atom stereocenters. The number of carbonyl (C=O) groups excluding carboxylic acids is 1. The number of nitrogens with one attached hydrogen (secondary N) is 1. The summed E-state index contributed by atoms with van der Waals surface area (Å²) in [7, 11) is 1.74. The van der Waals surface area contributed by atoms with Gasteiger partial charge in [-0.2, -0.15) is 5.11 Å². The van der Waals surface area contributed by atoms with Crippen LogP contribution in [0.5, 0.6) is 5.75 Å². The van der Waals surface area contributed by atoms with Gasteiger partial charge in [-0.05, 0) is 41.5 Å². The summed E-state index contributed by atoms with van der Waals surface area (Å²) in [4.78, 5) is 16.4. The summed E-state index contributed by atoms with van der Waals surface area (Å²) in [5.41, 5.74) is 10.8. The Bertz CT molecular complexity index is 1060. The maximum atomic E-state index is 13.1. The first-order chi connectivity index (χ1) is 13.6. The van der Waals surface area contributed by atoms with Crippen LogP contribution in [-0.4, -0.2) is 19.6 Å². The zero-order chi connectivity index (χ0) is 19.7. The molecule has 3 aromatic rings. The molecule has 28 heavy (non-hydrogen) atoms. The molecule has 1 aliphatic heterocycles. The Labute approximate surface area is 172 Å². The number of para-hydroxylation sites is 1. The van der Waals surface area contributed by atoms with Crippen molar-refractivity contribution in [2.45, 2.75) is 13.0 Å². The zero-order valence-corrected chi connectivity index (χ0v) is 16.8. The van der Waals surface area contributed by atoms with Gasteiger partial charge in [0.05, 0.1) is 28.7 Å². The number of carbonyl (C=O) groups is 1. The lowest BCUT2D eigenvalue weighted by molar-refractivity contribution is 0.0997. The third-order valence-electron chi connectivity index (χ3n) is 4.72. The van der Waals surface area contributed by atoms with Gasteiger partial charge >= 0.3 is 0 Å². The molecule has 1 N–H and O–H groups in total. The first-order valence-corrected chi connectivity index (χ1v) is 10.0. The Morgan fingerprint density at radius 2 is 2.11 bits per heavy atom. The van der Waals surface area contributed by atoms with Gasteiger partial charge in [-0.3, -0.25) is 4.79 Å². The van der Waals surface area contributed by atoms with Gasteiger partial charge in [-0.1, -0.05) is 29.8 Å². The first kappa shape index (κ1) is 18.7. The molecule has 2 heterocycles. The summed E-state index contributed by atoms with van der Waals surface area (Å²) in [6.07, 6.45) is 0.738. The molecule has 5 nitrogen and oxygen atoms in total. The van der Waals surface area contributed by atoms with E-state index in [1.807, 2.05) is 42.5 Å². The number of anilines is 1. The third-order valence-corrected chi connectivity index (χ3v) is 6.24. The molecule has 0 saturated carbocycles. The van der Waals surface area contributed by atoms with Crippen molar-refractivity contribution in [2.24, 2.45) is 5.11 Å². The Morgan fingerprint density at radius 3 is 2.89 bits per heavy atom. The van der Waals surface area contributed by atoms with E-state index < -0.39 is 0 Å². The van der Waals surface area contributed by atoms with Crippen LogP contribution < -0.4 is 9.64 Å². The molecule has 1 amide bonds. The SMILES string of the molecule is CN(C(=O)c1cc2c(s1)-c1ccc(CN=N)cc1OCC2)c1ccccc1Cl. The van der Waals surface area contributed by atoms with E-state index in [4.69, 9.17) is 21.9 Å². The molecule has 0 unspecified atom stereocenters. The Morgan fingerprint density at radius 1 is 1.29 bits per heavy atom. The lowest BCUT2D eigenvalue weighted by Gasteiger charge is -2.17. The number of hydrogen-bond donors (Lipinski definition) is 1. The molecular formula is C21H18ClN3O2S. The largest absolute Gasteiger partial charge is 0.493 e. The fourth-order valence-corrected chi connectivity index (χ4v) is 4.76. The topological polar surface area (TPSA) is 65.8 Å². The molecule has 2 aromatic carbocycles. The summed E-state index contributed by atoms with van der Waals surface area (Å²) < 4.78 is 5.90. The van der Waals surface area contributed by atoms with Gasteiger partial charge in [0.15, 0.2) is 0 Å². The molecule has 142 valence electrons. The highest BCUT2D eigenvalue weighted by Gasteiger charge is 2.24.